The molecule has 0 spiro atoms. The van der Waals surface area contributed by atoms with Crippen LogP contribution in [0.15, 0.2) is 42.5 Å². The number of carbonyl (C=O) groups is 4. The lowest BCUT2D eigenvalue weighted by atomic mass is 10.0. The molecule has 45 heavy (non-hydrogen) atoms. The van der Waals surface area contributed by atoms with Crippen molar-refractivity contribution in [2.45, 2.75) is 44.4 Å². The van der Waals surface area contributed by atoms with E-state index in [4.69, 9.17) is 18.9 Å². The van der Waals surface area contributed by atoms with Crippen molar-refractivity contribution in [2.75, 3.05) is 59.6 Å². The third kappa shape index (κ3) is 9.08. The van der Waals surface area contributed by atoms with Gasteiger partial charge in [-0.2, -0.15) is 0 Å². The van der Waals surface area contributed by atoms with Crippen LogP contribution in [0.5, 0.6) is 17.2 Å². The highest BCUT2D eigenvalue weighted by atomic mass is 16.5. The summed E-state index contributed by atoms with van der Waals surface area (Å²) in [5, 5.41) is 8.58. The maximum Gasteiger partial charge on any atom is 0.315 e. The van der Waals surface area contributed by atoms with Gasteiger partial charge < -0.3 is 44.7 Å². The molecule has 3 heterocycles. The quantitative estimate of drug-likeness (QED) is 0.415. The largest absolute Gasteiger partial charge is 0.491 e. The van der Waals surface area contributed by atoms with E-state index in [2.05, 4.69) is 16.0 Å². The zero-order valence-corrected chi connectivity index (χ0v) is 25.5. The highest BCUT2D eigenvalue weighted by molar-refractivity contribution is 5.95. The van der Waals surface area contributed by atoms with Crippen molar-refractivity contribution in [3.05, 3.63) is 53.6 Å². The molecule has 3 aliphatic heterocycles. The van der Waals surface area contributed by atoms with E-state index in [1.54, 1.807) is 41.2 Å². The van der Waals surface area contributed by atoms with Crippen LogP contribution in [0.4, 0.5) is 4.79 Å². The molecule has 0 radical (unpaired) electrons. The maximum atomic E-state index is 13.2. The fourth-order valence-corrected chi connectivity index (χ4v) is 5.57. The van der Waals surface area contributed by atoms with E-state index in [-0.39, 0.29) is 56.5 Å². The number of hydrogen-bond acceptors (Lipinski definition) is 8. The molecule has 3 aliphatic rings. The second kappa shape index (κ2) is 15.6. The van der Waals surface area contributed by atoms with Crippen LogP contribution >= 0.6 is 0 Å². The number of amides is 5. The van der Waals surface area contributed by atoms with Crippen LogP contribution in [0.25, 0.3) is 0 Å². The Morgan fingerprint density at radius 2 is 1.87 bits per heavy atom. The molecule has 0 aromatic heterocycles. The first kappa shape index (κ1) is 32.0. The first-order valence-electron chi connectivity index (χ1n) is 15.4. The summed E-state index contributed by atoms with van der Waals surface area (Å²) in [4.78, 5) is 54.6. The van der Waals surface area contributed by atoms with E-state index >= 15 is 0 Å². The molecule has 0 aliphatic carbocycles. The summed E-state index contributed by atoms with van der Waals surface area (Å²) in [5.41, 5.74) is 1.17. The average molecular weight is 624 g/mol. The topological polar surface area (TPSA) is 148 Å². The van der Waals surface area contributed by atoms with Crippen LogP contribution < -0.4 is 25.4 Å². The molecule has 242 valence electrons. The average Bonchev–Trinajstić information content (AvgIpc) is 3.03. The van der Waals surface area contributed by atoms with Gasteiger partial charge in [0.05, 0.1) is 31.9 Å². The fourth-order valence-electron chi connectivity index (χ4n) is 5.57. The second-order valence-corrected chi connectivity index (χ2v) is 11.3. The van der Waals surface area contributed by atoms with E-state index in [0.29, 0.717) is 62.0 Å². The number of carbonyl (C=O) groups excluding carboxylic acids is 4. The van der Waals surface area contributed by atoms with Gasteiger partial charge in [-0.05, 0) is 49.1 Å². The Kier molecular flexibility index (Phi) is 11.1. The summed E-state index contributed by atoms with van der Waals surface area (Å²) in [6.07, 6.45) is 2.22. The molecule has 5 amide bonds. The molecule has 5 rings (SSSR count). The van der Waals surface area contributed by atoms with E-state index in [1.807, 2.05) is 18.2 Å². The van der Waals surface area contributed by atoms with Crippen molar-refractivity contribution >= 4 is 23.8 Å². The second-order valence-electron chi connectivity index (χ2n) is 11.3. The number of piperidine rings is 2. The molecule has 3 N–H and O–H groups in total. The van der Waals surface area contributed by atoms with Crippen LogP contribution in [-0.4, -0.2) is 105 Å². The third-order valence-corrected chi connectivity index (χ3v) is 7.97. The standard InChI is InChI=1S/C32H41N5O8/c1-42-13-14-43-25-16-23-17-26(18-25)45-24-6-4-5-22(15-24)21-44-28-19-37(30(39)20-36-11-3-2-7-29(36)38)12-8-27(28)35-32(41)34-10-9-33-31(23)40/h4-6,15-18,27-28H,2-3,7-14,19-21H2,1H3,(H,33,40)(H2,34,35,41)/t27-,28-/m0/s1. The normalized spacial score (nSPS) is 21.2. The summed E-state index contributed by atoms with van der Waals surface area (Å²) in [6.45, 7) is 2.63. The molecular formula is C32H41N5O8. The fraction of sp³-hybridized carbons (Fsp3) is 0.500. The molecule has 2 atom stereocenters. The Bertz CT molecular complexity index is 1370. The molecule has 0 unspecified atom stereocenters. The number of nitrogens with zero attached hydrogens (tertiary/aromatic N) is 2. The van der Waals surface area contributed by atoms with Crippen LogP contribution in [-0.2, 0) is 25.7 Å². The molecule has 2 aromatic rings. The number of methoxy groups -OCH3 is 1. The van der Waals surface area contributed by atoms with E-state index < -0.39 is 12.1 Å². The van der Waals surface area contributed by atoms with Crippen LogP contribution in [0, 0.1) is 0 Å². The van der Waals surface area contributed by atoms with Gasteiger partial charge in [-0.25, -0.2) is 4.79 Å². The van der Waals surface area contributed by atoms with Crippen molar-refractivity contribution in [2.24, 2.45) is 0 Å². The van der Waals surface area contributed by atoms with Crippen LogP contribution in [0.3, 0.4) is 0 Å². The van der Waals surface area contributed by atoms with Gasteiger partial charge in [0.15, 0.2) is 0 Å². The molecule has 4 bridgehead atoms. The number of rotatable bonds is 6. The van der Waals surface area contributed by atoms with E-state index in [0.717, 1.165) is 18.4 Å². The molecule has 0 saturated carbocycles. The van der Waals surface area contributed by atoms with E-state index in [9.17, 15) is 19.2 Å². The highest BCUT2D eigenvalue weighted by Crippen LogP contribution is 2.29. The van der Waals surface area contributed by atoms with Gasteiger partial charge in [0, 0.05) is 57.9 Å². The lowest BCUT2D eigenvalue weighted by Gasteiger charge is -2.39. The van der Waals surface area contributed by atoms with Gasteiger partial charge in [0.1, 0.15) is 23.9 Å². The summed E-state index contributed by atoms with van der Waals surface area (Å²) in [5.74, 6) is 0.947. The Balaban J connectivity index is 1.32. The first-order valence-corrected chi connectivity index (χ1v) is 15.4. The monoisotopic (exact) mass is 623 g/mol. The number of nitrogens with one attached hydrogen (secondary N) is 3. The van der Waals surface area contributed by atoms with Crippen molar-refractivity contribution in [3.8, 4) is 17.2 Å². The lowest BCUT2D eigenvalue weighted by Crippen LogP contribution is -2.59. The Labute approximate surface area is 262 Å². The zero-order valence-electron chi connectivity index (χ0n) is 25.5. The molecule has 2 aromatic carbocycles. The van der Waals surface area contributed by atoms with Gasteiger partial charge in [-0.1, -0.05) is 12.1 Å². The number of ether oxygens (including phenoxy) is 4. The predicted molar refractivity (Wildman–Crippen MR) is 163 cm³/mol. The number of fused-ring (bicyclic) bond motifs is 5. The summed E-state index contributed by atoms with van der Waals surface area (Å²) in [7, 11) is 1.58. The minimum atomic E-state index is -0.489. The van der Waals surface area contributed by atoms with Gasteiger partial charge in [-0.15, -0.1) is 0 Å². The van der Waals surface area contributed by atoms with Gasteiger partial charge in [-0.3, -0.25) is 14.4 Å². The van der Waals surface area contributed by atoms with Crippen molar-refractivity contribution in [1.82, 2.24) is 25.8 Å². The third-order valence-electron chi connectivity index (χ3n) is 7.97. The summed E-state index contributed by atoms with van der Waals surface area (Å²) in [6, 6.07) is 11.6. The molecule has 2 saturated heterocycles. The van der Waals surface area contributed by atoms with E-state index in [1.165, 1.54) is 0 Å². The number of likely N-dealkylation sites (tertiary alicyclic amines) is 2. The molecule has 13 heteroatoms. The Morgan fingerprint density at radius 3 is 2.71 bits per heavy atom. The van der Waals surface area contributed by atoms with Crippen molar-refractivity contribution in [1.29, 1.82) is 0 Å². The maximum absolute atomic E-state index is 13.2. The summed E-state index contributed by atoms with van der Waals surface area (Å²) < 4.78 is 23.3. The number of urea groups is 1. The molecular weight excluding hydrogens is 582 g/mol. The predicted octanol–water partition coefficient (Wildman–Crippen LogP) is 2.05. The van der Waals surface area contributed by atoms with Crippen LogP contribution in [0.2, 0.25) is 0 Å². The minimum Gasteiger partial charge on any atom is -0.491 e. The van der Waals surface area contributed by atoms with Crippen LogP contribution in [0.1, 0.15) is 41.6 Å². The summed E-state index contributed by atoms with van der Waals surface area (Å²) >= 11 is 0. The lowest BCUT2D eigenvalue weighted by molar-refractivity contribution is -0.144. The van der Waals surface area contributed by atoms with Crippen molar-refractivity contribution < 1.29 is 38.1 Å². The van der Waals surface area contributed by atoms with Gasteiger partial charge in [0.2, 0.25) is 11.8 Å². The van der Waals surface area contributed by atoms with Gasteiger partial charge >= 0.3 is 6.03 Å². The molecule has 13 nitrogen and oxygen atoms in total. The SMILES string of the molecule is COCCOc1cc2cc(c1)C(=O)NCCNC(=O)N[C@H]1CCN(C(=O)CN3CCCCC3=O)C[C@@H]1OCc1cccc(c1)O2. The Hall–Kier alpha value is -4.36. The van der Waals surface area contributed by atoms with Crippen molar-refractivity contribution in [3.63, 3.8) is 0 Å². The molecule has 2 fully saturated rings. The first-order chi connectivity index (χ1) is 21.9. The zero-order chi connectivity index (χ0) is 31.6. The minimum absolute atomic E-state index is 0.00939. The Morgan fingerprint density at radius 1 is 1.00 bits per heavy atom. The number of benzene rings is 2. The highest BCUT2D eigenvalue weighted by Gasteiger charge is 2.34. The smallest absolute Gasteiger partial charge is 0.315 e. The number of hydrogen-bond donors (Lipinski definition) is 3. The van der Waals surface area contributed by atoms with Gasteiger partial charge in [0.25, 0.3) is 5.91 Å².